The van der Waals surface area contributed by atoms with Gasteiger partial charge in [0, 0.05) is 11.9 Å². The summed E-state index contributed by atoms with van der Waals surface area (Å²) in [7, 11) is 0. The molecule has 0 amide bonds. The van der Waals surface area contributed by atoms with E-state index in [9.17, 15) is 5.11 Å². The highest BCUT2D eigenvalue weighted by Crippen LogP contribution is 2.31. The Morgan fingerprint density at radius 1 is 1.41 bits per heavy atom. The molecule has 0 saturated heterocycles. The third-order valence-corrected chi connectivity index (χ3v) is 3.40. The van der Waals surface area contributed by atoms with Crippen molar-refractivity contribution in [1.29, 1.82) is 5.26 Å². The molecule has 0 spiro atoms. The highest BCUT2D eigenvalue weighted by atomic mass is 16.3. The third kappa shape index (κ3) is 2.75. The minimum atomic E-state index is -0.216. The molecule has 4 nitrogen and oxygen atoms in total. The van der Waals surface area contributed by atoms with Crippen LogP contribution in [0.25, 0.3) is 0 Å². The summed E-state index contributed by atoms with van der Waals surface area (Å²) >= 11 is 0. The van der Waals surface area contributed by atoms with Gasteiger partial charge in [-0.2, -0.15) is 5.26 Å². The molecule has 90 valence electrons. The molecule has 2 rings (SSSR count). The topological polar surface area (TPSA) is 68.9 Å². The lowest BCUT2D eigenvalue weighted by atomic mass is 9.82. The zero-order valence-electron chi connectivity index (χ0n) is 9.82. The van der Waals surface area contributed by atoms with Crippen molar-refractivity contribution in [3.8, 4) is 6.07 Å². The highest BCUT2D eigenvalue weighted by Gasteiger charge is 2.31. The fourth-order valence-electron chi connectivity index (χ4n) is 2.43. The average molecular weight is 231 g/mol. The van der Waals surface area contributed by atoms with E-state index < -0.39 is 0 Å². The van der Waals surface area contributed by atoms with E-state index in [0.29, 0.717) is 5.69 Å². The van der Waals surface area contributed by atoms with Gasteiger partial charge < -0.3 is 10.4 Å². The molecule has 1 saturated carbocycles. The summed E-state index contributed by atoms with van der Waals surface area (Å²) < 4.78 is 0. The standard InChI is InChI=1S/C13H17N3O/c14-9-12-8-11(4-7-15-12)16-13(10-17)5-2-1-3-6-13/h4,7-8,17H,1-3,5-6,10H2,(H,15,16). The number of aliphatic hydroxyl groups is 1. The van der Waals surface area contributed by atoms with Crippen LogP contribution in [-0.4, -0.2) is 22.2 Å². The minimum absolute atomic E-state index is 0.136. The van der Waals surface area contributed by atoms with Crippen LogP contribution in [0.3, 0.4) is 0 Å². The fourth-order valence-corrected chi connectivity index (χ4v) is 2.43. The van der Waals surface area contributed by atoms with E-state index in [1.807, 2.05) is 12.1 Å². The van der Waals surface area contributed by atoms with Crippen molar-refractivity contribution < 1.29 is 5.11 Å². The van der Waals surface area contributed by atoms with Crippen LogP contribution in [0.15, 0.2) is 18.3 Å². The van der Waals surface area contributed by atoms with Gasteiger partial charge in [0.25, 0.3) is 0 Å². The second-order valence-electron chi connectivity index (χ2n) is 4.67. The Morgan fingerprint density at radius 2 is 2.18 bits per heavy atom. The van der Waals surface area contributed by atoms with Crippen LogP contribution in [0.4, 0.5) is 5.69 Å². The molecular weight excluding hydrogens is 214 g/mol. The van der Waals surface area contributed by atoms with Crippen molar-refractivity contribution in [2.45, 2.75) is 37.6 Å². The normalized spacial score (nSPS) is 18.4. The average Bonchev–Trinajstić information content (AvgIpc) is 2.40. The van der Waals surface area contributed by atoms with Crippen LogP contribution in [0.1, 0.15) is 37.8 Å². The van der Waals surface area contributed by atoms with Crippen LogP contribution >= 0.6 is 0 Å². The molecule has 0 unspecified atom stereocenters. The molecule has 4 heteroatoms. The Hall–Kier alpha value is -1.60. The number of aliphatic hydroxyl groups excluding tert-OH is 1. The lowest BCUT2D eigenvalue weighted by Gasteiger charge is -2.37. The van der Waals surface area contributed by atoms with Crippen LogP contribution in [-0.2, 0) is 0 Å². The number of pyridine rings is 1. The molecule has 0 atom stereocenters. The van der Waals surface area contributed by atoms with Gasteiger partial charge in [-0.05, 0) is 25.0 Å². The molecule has 17 heavy (non-hydrogen) atoms. The van der Waals surface area contributed by atoms with Gasteiger partial charge >= 0.3 is 0 Å². The largest absolute Gasteiger partial charge is 0.394 e. The minimum Gasteiger partial charge on any atom is -0.394 e. The van der Waals surface area contributed by atoms with Crippen molar-refractivity contribution in [2.75, 3.05) is 11.9 Å². The number of hydrogen-bond donors (Lipinski definition) is 2. The summed E-state index contributed by atoms with van der Waals surface area (Å²) in [5.74, 6) is 0. The smallest absolute Gasteiger partial charge is 0.142 e. The number of nitrogens with one attached hydrogen (secondary N) is 1. The Morgan fingerprint density at radius 3 is 2.82 bits per heavy atom. The van der Waals surface area contributed by atoms with E-state index in [1.54, 1.807) is 12.3 Å². The zero-order chi connectivity index (χ0) is 12.1. The molecule has 0 radical (unpaired) electrons. The molecule has 0 aliphatic heterocycles. The van der Waals surface area contributed by atoms with Gasteiger partial charge in [0.2, 0.25) is 0 Å². The molecule has 0 aromatic carbocycles. The lowest BCUT2D eigenvalue weighted by molar-refractivity contribution is 0.173. The van der Waals surface area contributed by atoms with E-state index >= 15 is 0 Å². The van der Waals surface area contributed by atoms with Crippen LogP contribution in [0.2, 0.25) is 0 Å². The summed E-state index contributed by atoms with van der Waals surface area (Å²) in [5.41, 5.74) is 1.05. The maximum atomic E-state index is 9.59. The quantitative estimate of drug-likeness (QED) is 0.835. The Labute approximate surface area is 101 Å². The molecule has 1 aliphatic carbocycles. The van der Waals surface area contributed by atoms with Crippen molar-refractivity contribution >= 4 is 5.69 Å². The monoisotopic (exact) mass is 231 g/mol. The summed E-state index contributed by atoms with van der Waals surface area (Å²) in [5, 5.41) is 21.8. The van der Waals surface area contributed by atoms with E-state index in [2.05, 4.69) is 10.3 Å². The van der Waals surface area contributed by atoms with Gasteiger partial charge in [-0.15, -0.1) is 0 Å². The van der Waals surface area contributed by atoms with Crippen LogP contribution in [0.5, 0.6) is 0 Å². The Balaban J connectivity index is 2.14. The van der Waals surface area contributed by atoms with Gasteiger partial charge in [0.05, 0.1) is 12.1 Å². The molecule has 1 aromatic rings. The van der Waals surface area contributed by atoms with Crippen molar-refractivity contribution in [3.05, 3.63) is 24.0 Å². The zero-order valence-corrected chi connectivity index (χ0v) is 9.82. The summed E-state index contributed by atoms with van der Waals surface area (Å²) in [4.78, 5) is 3.94. The van der Waals surface area contributed by atoms with E-state index in [4.69, 9.17) is 5.26 Å². The summed E-state index contributed by atoms with van der Waals surface area (Å²) in [6.07, 6.45) is 7.10. The van der Waals surface area contributed by atoms with Gasteiger partial charge in [0.15, 0.2) is 0 Å². The number of aromatic nitrogens is 1. The highest BCUT2D eigenvalue weighted by molar-refractivity contribution is 5.48. The van der Waals surface area contributed by atoms with Gasteiger partial charge in [-0.3, -0.25) is 0 Å². The van der Waals surface area contributed by atoms with Gasteiger partial charge in [-0.25, -0.2) is 4.98 Å². The number of hydrogen-bond acceptors (Lipinski definition) is 4. The van der Waals surface area contributed by atoms with E-state index in [0.717, 1.165) is 31.4 Å². The van der Waals surface area contributed by atoms with Crippen molar-refractivity contribution in [1.82, 2.24) is 4.98 Å². The SMILES string of the molecule is N#Cc1cc(NC2(CO)CCCCC2)ccn1. The van der Waals surface area contributed by atoms with Crippen LogP contribution in [0, 0.1) is 11.3 Å². The van der Waals surface area contributed by atoms with Gasteiger partial charge in [0.1, 0.15) is 11.8 Å². The molecule has 1 heterocycles. The molecule has 1 aromatic heterocycles. The predicted molar refractivity (Wildman–Crippen MR) is 65.5 cm³/mol. The Bertz CT molecular complexity index is 419. The number of nitrogens with zero attached hydrogens (tertiary/aromatic N) is 2. The number of rotatable bonds is 3. The fraction of sp³-hybridized carbons (Fsp3) is 0.538. The lowest BCUT2D eigenvalue weighted by Crippen LogP contribution is -2.43. The maximum absolute atomic E-state index is 9.59. The first-order valence-electron chi connectivity index (χ1n) is 6.03. The van der Waals surface area contributed by atoms with Crippen LogP contribution < -0.4 is 5.32 Å². The summed E-state index contributed by atoms with van der Waals surface area (Å²) in [6.45, 7) is 0.136. The molecule has 2 N–H and O–H groups in total. The number of nitriles is 1. The molecular formula is C13H17N3O. The van der Waals surface area contributed by atoms with Gasteiger partial charge in [-0.1, -0.05) is 19.3 Å². The predicted octanol–water partition coefficient (Wildman–Crippen LogP) is 2.06. The summed E-state index contributed by atoms with van der Waals surface area (Å²) in [6, 6.07) is 5.59. The third-order valence-electron chi connectivity index (χ3n) is 3.40. The van der Waals surface area contributed by atoms with Crippen molar-refractivity contribution in [3.63, 3.8) is 0 Å². The second-order valence-corrected chi connectivity index (χ2v) is 4.67. The molecule has 0 bridgehead atoms. The first-order valence-corrected chi connectivity index (χ1v) is 6.03. The Kier molecular flexibility index (Phi) is 3.60. The molecule has 1 fully saturated rings. The van der Waals surface area contributed by atoms with Crippen molar-refractivity contribution in [2.24, 2.45) is 0 Å². The first kappa shape index (κ1) is 11.9. The van der Waals surface area contributed by atoms with E-state index in [1.165, 1.54) is 6.42 Å². The second kappa shape index (κ2) is 5.15. The maximum Gasteiger partial charge on any atom is 0.142 e. The molecule has 1 aliphatic rings. The number of anilines is 1. The van der Waals surface area contributed by atoms with E-state index in [-0.39, 0.29) is 12.1 Å². The first-order chi connectivity index (χ1) is 8.28.